The minimum atomic E-state index is -0.998. The van der Waals surface area contributed by atoms with Crippen LogP contribution >= 0.6 is 0 Å². The summed E-state index contributed by atoms with van der Waals surface area (Å²) in [5, 5.41) is 27.8. The Kier molecular flexibility index (Phi) is 1.85. The average Bonchev–Trinajstić information content (AvgIpc) is 2.63. The Balaban J connectivity index is 2.53. The third-order valence-electron chi connectivity index (χ3n) is 2.34. The van der Waals surface area contributed by atoms with E-state index in [1.165, 1.54) is 6.92 Å². The van der Waals surface area contributed by atoms with E-state index in [9.17, 15) is 10.1 Å². The molecule has 5 nitrogen and oxygen atoms in total. The second kappa shape index (κ2) is 2.42. The van der Waals surface area contributed by atoms with Gasteiger partial charge in [-0.3, -0.25) is 10.1 Å². The van der Waals surface area contributed by atoms with Gasteiger partial charge in [-0.1, -0.05) is 0 Å². The van der Waals surface area contributed by atoms with Crippen molar-refractivity contribution in [1.29, 1.82) is 0 Å². The van der Waals surface area contributed by atoms with Crippen LogP contribution in [-0.2, 0) is 0 Å². The normalized spacial score (nSPS) is 38.3. The summed E-state index contributed by atoms with van der Waals surface area (Å²) in [5.74, 6) is -0.373. The lowest BCUT2D eigenvalue weighted by molar-refractivity contribution is -0.539. The molecule has 0 spiro atoms. The van der Waals surface area contributed by atoms with Crippen molar-refractivity contribution in [2.45, 2.75) is 25.0 Å². The standard InChI is InChI=1S/C6H11NO4/c1-6(7(10)11)2-4(6)5(9)3-8/h4-5,8-9H,2-3H2,1H3/t4-,5+,6-/m0/s1. The van der Waals surface area contributed by atoms with Crippen molar-refractivity contribution in [3.05, 3.63) is 10.1 Å². The van der Waals surface area contributed by atoms with E-state index >= 15 is 0 Å². The molecule has 0 unspecified atom stereocenters. The van der Waals surface area contributed by atoms with E-state index in [0.29, 0.717) is 6.42 Å². The molecule has 3 atom stereocenters. The lowest BCUT2D eigenvalue weighted by Gasteiger charge is -2.06. The van der Waals surface area contributed by atoms with Crippen LogP contribution in [0, 0.1) is 16.0 Å². The highest BCUT2D eigenvalue weighted by atomic mass is 16.6. The molecule has 64 valence electrons. The maximum Gasteiger partial charge on any atom is 0.225 e. The smallest absolute Gasteiger partial charge is 0.225 e. The SMILES string of the molecule is C[C@]1([N+](=O)[O-])C[C@H]1[C@H](O)CO. The molecule has 1 rings (SSSR count). The van der Waals surface area contributed by atoms with Gasteiger partial charge in [0.2, 0.25) is 5.54 Å². The molecule has 1 aliphatic carbocycles. The van der Waals surface area contributed by atoms with E-state index < -0.39 is 23.2 Å². The predicted octanol–water partition coefficient (Wildman–Crippen LogP) is -0.605. The van der Waals surface area contributed by atoms with Crippen LogP contribution < -0.4 is 0 Å². The summed E-state index contributed by atoms with van der Waals surface area (Å²) in [5.41, 5.74) is -0.998. The number of rotatable bonds is 3. The van der Waals surface area contributed by atoms with Crippen molar-refractivity contribution < 1.29 is 15.1 Å². The first-order valence-corrected chi connectivity index (χ1v) is 3.46. The number of aliphatic hydroxyl groups is 2. The molecule has 1 saturated carbocycles. The van der Waals surface area contributed by atoms with Crippen molar-refractivity contribution in [3.8, 4) is 0 Å². The first-order valence-electron chi connectivity index (χ1n) is 3.46. The molecule has 0 aromatic carbocycles. The van der Waals surface area contributed by atoms with Crippen molar-refractivity contribution in [2.24, 2.45) is 5.92 Å². The highest BCUT2D eigenvalue weighted by Gasteiger charge is 2.64. The van der Waals surface area contributed by atoms with E-state index in [0.717, 1.165) is 0 Å². The Morgan fingerprint density at radius 2 is 2.45 bits per heavy atom. The van der Waals surface area contributed by atoms with E-state index in [1.807, 2.05) is 0 Å². The fourth-order valence-corrected chi connectivity index (χ4v) is 1.27. The van der Waals surface area contributed by atoms with Crippen molar-refractivity contribution in [1.82, 2.24) is 0 Å². The Morgan fingerprint density at radius 1 is 1.91 bits per heavy atom. The lowest BCUT2D eigenvalue weighted by atomic mass is 10.1. The summed E-state index contributed by atoms with van der Waals surface area (Å²) >= 11 is 0. The predicted molar refractivity (Wildman–Crippen MR) is 36.6 cm³/mol. The maximum atomic E-state index is 10.3. The first kappa shape index (κ1) is 8.42. The molecule has 0 radical (unpaired) electrons. The minimum Gasteiger partial charge on any atom is -0.394 e. The summed E-state index contributed by atoms with van der Waals surface area (Å²) in [7, 11) is 0. The monoisotopic (exact) mass is 161 g/mol. The molecule has 1 aliphatic rings. The van der Waals surface area contributed by atoms with Gasteiger partial charge in [0.15, 0.2) is 0 Å². The van der Waals surface area contributed by atoms with Crippen LogP contribution in [0.4, 0.5) is 0 Å². The maximum absolute atomic E-state index is 10.3. The highest BCUT2D eigenvalue weighted by molar-refractivity contribution is 5.03. The fourth-order valence-electron chi connectivity index (χ4n) is 1.27. The van der Waals surface area contributed by atoms with E-state index in [1.54, 1.807) is 0 Å². The summed E-state index contributed by atoms with van der Waals surface area (Å²) in [6.45, 7) is 1.09. The fraction of sp³-hybridized carbons (Fsp3) is 1.00. The van der Waals surface area contributed by atoms with Crippen LogP contribution in [0.1, 0.15) is 13.3 Å². The van der Waals surface area contributed by atoms with Crippen LogP contribution in [-0.4, -0.2) is 33.4 Å². The van der Waals surface area contributed by atoms with Gasteiger partial charge in [0.05, 0.1) is 18.6 Å². The van der Waals surface area contributed by atoms with Crippen LogP contribution in [0.3, 0.4) is 0 Å². The second-order valence-corrected chi connectivity index (χ2v) is 3.17. The van der Waals surface area contributed by atoms with Gasteiger partial charge in [0, 0.05) is 18.3 Å². The molecular formula is C6H11NO4. The number of nitro groups is 1. The van der Waals surface area contributed by atoms with E-state index in [2.05, 4.69) is 0 Å². The van der Waals surface area contributed by atoms with Gasteiger partial charge in [-0.25, -0.2) is 0 Å². The van der Waals surface area contributed by atoms with Crippen LogP contribution in [0.5, 0.6) is 0 Å². The van der Waals surface area contributed by atoms with Crippen molar-refractivity contribution >= 4 is 0 Å². The Morgan fingerprint density at radius 3 is 2.73 bits per heavy atom. The molecule has 0 amide bonds. The number of aliphatic hydroxyl groups excluding tert-OH is 2. The molecule has 0 aromatic rings. The van der Waals surface area contributed by atoms with Gasteiger partial charge in [-0.15, -0.1) is 0 Å². The van der Waals surface area contributed by atoms with Crippen molar-refractivity contribution in [3.63, 3.8) is 0 Å². The van der Waals surface area contributed by atoms with Gasteiger partial charge in [-0.2, -0.15) is 0 Å². The Bertz CT molecular complexity index is 183. The third-order valence-corrected chi connectivity index (χ3v) is 2.34. The Labute approximate surface area is 63.8 Å². The summed E-state index contributed by atoms with van der Waals surface area (Å²) in [6.07, 6.45) is -0.577. The molecule has 0 aromatic heterocycles. The molecule has 0 aliphatic heterocycles. The lowest BCUT2D eigenvalue weighted by Crippen LogP contribution is -2.27. The van der Waals surface area contributed by atoms with Gasteiger partial charge in [0.1, 0.15) is 0 Å². The van der Waals surface area contributed by atoms with Crippen LogP contribution in [0.15, 0.2) is 0 Å². The first-order chi connectivity index (χ1) is 5.02. The third kappa shape index (κ3) is 1.21. The van der Waals surface area contributed by atoms with Gasteiger partial charge in [-0.05, 0) is 0 Å². The van der Waals surface area contributed by atoms with E-state index in [-0.39, 0.29) is 5.92 Å². The summed E-state index contributed by atoms with van der Waals surface area (Å²) in [6, 6.07) is 0. The van der Waals surface area contributed by atoms with Crippen molar-refractivity contribution in [2.75, 3.05) is 6.61 Å². The molecule has 5 heteroatoms. The molecule has 11 heavy (non-hydrogen) atoms. The molecule has 2 N–H and O–H groups in total. The highest BCUT2D eigenvalue weighted by Crippen LogP contribution is 2.47. The number of hydrogen-bond acceptors (Lipinski definition) is 4. The molecule has 0 bridgehead atoms. The van der Waals surface area contributed by atoms with Crippen LogP contribution in [0.2, 0.25) is 0 Å². The van der Waals surface area contributed by atoms with E-state index in [4.69, 9.17) is 10.2 Å². The molecule has 0 heterocycles. The zero-order valence-electron chi connectivity index (χ0n) is 6.23. The zero-order chi connectivity index (χ0) is 8.65. The van der Waals surface area contributed by atoms with Gasteiger partial charge >= 0.3 is 0 Å². The van der Waals surface area contributed by atoms with Gasteiger partial charge in [0.25, 0.3) is 0 Å². The summed E-state index contributed by atoms with van der Waals surface area (Å²) < 4.78 is 0. The number of hydrogen-bond donors (Lipinski definition) is 2. The Hall–Kier alpha value is -0.680. The summed E-state index contributed by atoms with van der Waals surface area (Å²) in [4.78, 5) is 9.93. The second-order valence-electron chi connectivity index (χ2n) is 3.17. The quantitative estimate of drug-likeness (QED) is 0.427. The molecule has 1 fully saturated rings. The largest absolute Gasteiger partial charge is 0.394 e. The topological polar surface area (TPSA) is 83.6 Å². The minimum absolute atomic E-state index is 0.363. The average molecular weight is 161 g/mol. The van der Waals surface area contributed by atoms with Crippen LogP contribution in [0.25, 0.3) is 0 Å². The number of nitrogens with zero attached hydrogens (tertiary/aromatic N) is 1. The molecular weight excluding hydrogens is 150 g/mol. The zero-order valence-corrected chi connectivity index (χ0v) is 6.23. The molecule has 0 saturated heterocycles. The van der Waals surface area contributed by atoms with Gasteiger partial charge < -0.3 is 10.2 Å².